The minimum Gasteiger partial charge on any atom is -0.332 e. The Labute approximate surface area is 217 Å². The van der Waals surface area contributed by atoms with Crippen LogP contribution in [0.3, 0.4) is 0 Å². The third kappa shape index (κ3) is 6.14. The zero-order valence-electron chi connectivity index (χ0n) is 19.9. The fourth-order valence-electron chi connectivity index (χ4n) is 3.93. The topological polar surface area (TPSA) is 57.7 Å². The predicted molar refractivity (Wildman–Crippen MR) is 144 cm³/mol. The Bertz CT molecular complexity index is 1370. The van der Waals surface area contributed by atoms with E-state index in [9.17, 15) is 13.2 Å². The predicted octanol–water partition coefficient (Wildman–Crippen LogP) is 6.07. The lowest BCUT2D eigenvalue weighted by Gasteiger charge is -2.30. The molecule has 0 unspecified atom stereocenters. The molecule has 0 saturated carbocycles. The molecule has 0 fully saturated rings. The van der Waals surface area contributed by atoms with Gasteiger partial charge in [0.15, 0.2) is 0 Å². The molecule has 0 atom stereocenters. The first kappa shape index (κ1) is 25.5. The minimum absolute atomic E-state index is 0.106. The average molecular weight is 519 g/mol. The van der Waals surface area contributed by atoms with Crippen LogP contribution in [-0.4, -0.2) is 25.8 Å². The van der Waals surface area contributed by atoms with Crippen LogP contribution < -0.4 is 4.31 Å². The Hall–Kier alpha value is -3.61. The average Bonchev–Trinajstić information content (AvgIpc) is 2.90. The number of hydrogen-bond acceptors (Lipinski definition) is 3. The van der Waals surface area contributed by atoms with Gasteiger partial charge in [0, 0.05) is 18.1 Å². The van der Waals surface area contributed by atoms with Crippen LogP contribution in [0.25, 0.3) is 0 Å². The van der Waals surface area contributed by atoms with E-state index in [0.717, 1.165) is 15.4 Å². The molecule has 0 N–H and O–H groups in total. The molecule has 0 aliphatic heterocycles. The molecule has 4 rings (SSSR count). The van der Waals surface area contributed by atoms with Gasteiger partial charge in [-0.05, 0) is 47.9 Å². The van der Waals surface area contributed by atoms with Crippen LogP contribution in [0.15, 0.2) is 114 Å². The van der Waals surface area contributed by atoms with E-state index in [4.69, 9.17) is 11.6 Å². The van der Waals surface area contributed by atoms with E-state index < -0.39 is 10.0 Å². The van der Waals surface area contributed by atoms with E-state index in [2.05, 4.69) is 0 Å². The first-order valence-electron chi connectivity index (χ1n) is 11.5. The summed E-state index contributed by atoms with van der Waals surface area (Å²) < 4.78 is 28.7. The van der Waals surface area contributed by atoms with Gasteiger partial charge in [-0.1, -0.05) is 96.5 Å². The van der Waals surface area contributed by atoms with E-state index in [1.54, 1.807) is 48.2 Å². The number of halogens is 1. The van der Waals surface area contributed by atoms with Gasteiger partial charge in [0.05, 0.1) is 10.6 Å². The zero-order chi connectivity index (χ0) is 25.5. The lowest BCUT2D eigenvalue weighted by Crippen LogP contribution is -2.43. The molecule has 0 bridgehead atoms. The summed E-state index contributed by atoms with van der Waals surface area (Å²) in [5.74, 6) is -0.318. The number of benzene rings is 4. The van der Waals surface area contributed by atoms with Crippen molar-refractivity contribution in [1.82, 2.24) is 4.90 Å². The summed E-state index contributed by atoms with van der Waals surface area (Å²) in [5, 5.41) is 0.390. The monoisotopic (exact) mass is 518 g/mol. The van der Waals surface area contributed by atoms with E-state index in [1.165, 1.54) is 12.1 Å². The molecule has 0 aliphatic carbocycles. The van der Waals surface area contributed by atoms with Crippen molar-refractivity contribution in [3.8, 4) is 0 Å². The summed E-state index contributed by atoms with van der Waals surface area (Å²) in [7, 11) is -4.04. The number of rotatable bonds is 9. The number of carbonyl (C=O) groups excluding carboxylic acids is 1. The SMILES string of the molecule is Cc1ccc(Cl)cc1N(CC(=O)N(Cc1ccccc1)Cc1ccccc1)S(=O)(=O)c1ccccc1. The maximum Gasteiger partial charge on any atom is 0.264 e. The molecule has 0 heterocycles. The maximum absolute atomic E-state index is 13.8. The molecule has 1 amide bonds. The van der Waals surface area contributed by atoms with E-state index in [-0.39, 0.29) is 17.3 Å². The Morgan fingerprint density at radius 3 is 1.78 bits per heavy atom. The highest BCUT2D eigenvalue weighted by Gasteiger charge is 2.30. The molecule has 5 nitrogen and oxygen atoms in total. The minimum atomic E-state index is -4.04. The molecule has 4 aromatic rings. The van der Waals surface area contributed by atoms with Crippen molar-refractivity contribution in [3.63, 3.8) is 0 Å². The Balaban J connectivity index is 1.72. The Morgan fingerprint density at radius 1 is 0.750 bits per heavy atom. The van der Waals surface area contributed by atoms with Crippen molar-refractivity contribution in [1.29, 1.82) is 0 Å². The summed E-state index contributed by atoms with van der Waals surface area (Å²) in [6.07, 6.45) is 0. The number of carbonyl (C=O) groups is 1. The molecule has 7 heteroatoms. The van der Waals surface area contributed by atoms with E-state index >= 15 is 0 Å². The van der Waals surface area contributed by atoms with Gasteiger partial charge in [-0.3, -0.25) is 9.10 Å². The second-order valence-corrected chi connectivity index (χ2v) is 10.8. The lowest BCUT2D eigenvalue weighted by atomic mass is 10.1. The largest absolute Gasteiger partial charge is 0.332 e. The number of amides is 1. The van der Waals surface area contributed by atoms with Crippen molar-refractivity contribution in [2.45, 2.75) is 24.9 Å². The molecule has 0 aliphatic rings. The molecule has 184 valence electrons. The van der Waals surface area contributed by atoms with Gasteiger partial charge >= 0.3 is 0 Å². The first-order valence-corrected chi connectivity index (χ1v) is 13.4. The quantitative estimate of drug-likeness (QED) is 0.270. The number of aryl methyl sites for hydroxylation is 1. The van der Waals surface area contributed by atoms with Crippen LogP contribution in [0.5, 0.6) is 0 Å². The second-order valence-electron chi connectivity index (χ2n) is 8.48. The van der Waals surface area contributed by atoms with Crippen molar-refractivity contribution < 1.29 is 13.2 Å². The van der Waals surface area contributed by atoms with Crippen molar-refractivity contribution >= 4 is 33.2 Å². The second kappa shape index (κ2) is 11.4. The molecule has 0 radical (unpaired) electrons. The number of hydrogen-bond donors (Lipinski definition) is 0. The van der Waals surface area contributed by atoms with Gasteiger partial charge in [-0.15, -0.1) is 0 Å². The van der Waals surface area contributed by atoms with Crippen molar-refractivity contribution in [3.05, 3.63) is 131 Å². The highest BCUT2D eigenvalue weighted by molar-refractivity contribution is 7.92. The van der Waals surface area contributed by atoms with Crippen LogP contribution in [-0.2, 0) is 27.9 Å². The van der Waals surface area contributed by atoms with Crippen LogP contribution in [0.1, 0.15) is 16.7 Å². The summed E-state index contributed by atoms with van der Waals surface area (Å²) in [5.41, 5.74) is 2.99. The van der Waals surface area contributed by atoms with Crippen LogP contribution in [0, 0.1) is 6.92 Å². The molecular formula is C29H27ClN2O3S. The maximum atomic E-state index is 13.8. The molecule has 0 aromatic heterocycles. The molecule has 36 heavy (non-hydrogen) atoms. The highest BCUT2D eigenvalue weighted by Crippen LogP contribution is 2.30. The normalized spacial score (nSPS) is 11.2. The van der Waals surface area contributed by atoms with Gasteiger partial charge in [-0.25, -0.2) is 8.42 Å². The standard InChI is InChI=1S/C29H27ClN2O3S/c1-23-17-18-26(30)19-28(23)32(36(34,35)27-15-9-4-10-16-27)22-29(33)31(20-24-11-5-2-6-12-24)21-25-13-7-3-8-14-25/h2-19H,20-22H2,1H3. The summed E-state index contributed by atoms with van der Waals surface area (Å²) in [4.78, 5) is 15.6. The zero-order valence-corrected chi connectivity index (χ0v) is 21.5. The van der Waals surface area contributed by atoms with Gasteiger partial charge in [0.1, 0.15) is 6.54 Å². The molecule has 4 aromatic carbocycles. The van der Waals surface area contributed by atoms with Gasteiger partial charge in [0.2, 0.25) is 5.91 Å². The smallest absolute Gasteiger partial charge is 0.264 e. The first-order chi connectivity index (χ1) is 17.3. The number of sulfonamides is 1. The fraction of sp³-hybridized carbons (Fsp3) is 0.138. The van der Waals surface area contributed by atoms with Gasteiger partial charge in [0.25, 0.3) is 10.0 Å². The lowest BCUT2D eigenvalue weighted by molar-refractivity contribution is -0.130. The Kier molecular flexibility index (Phi) is 8.08. The summed E-state index contributed by atoms with van der Waals surface area (Å²) >= 11 is 6.25. The van der Waals surface area contributed by atoms with Gasteiger partial charge < -0.3 is 4.90 Å². The van der Waals surface area contributed by atoms with Crippen LogP contribution in [0.2, 0.25) is 5.02 Å². The van der Waals surface area contributed by atoms with E-state index in [0.29, 0.717) is 29.4 Å². The molecule has 0 saturated heterocycles. The number of anilines is 1. The third-order valence-electron chi connectivity index (χ3n) is 5.84. The Morgan fingerprint density at radius 2 is 1.25 bits per heavy atom. The molecule has 0 spiro atoms. The van der Waals surface area contributed by atoms with Gasteiger partial charge in [-0.2, -0.15) is 0 Å². The van der Waals surface area contributed by atoms with Crippen molar-refractivity contribution in [2.24, 2.45) is 0 Å². The number of nitrogens with zero attached hydrogens (tertiary/aromatic N) is 2. The summed E-state index contributed by atoms with van der Waals surface area (Å²) in [6.45, 7) is 2.14. The third-order valence-corrected chi connectivity index (χ3v) is 7.84. The summed E-state index contributed by atoms with van der Waals surface area (Å²) in [6, 6.07) is 32.5. The van der Waals surface area contributed by atoms with Crippen LogP contribution in [0.4, 0.5) is 5.69 Å². The fourth-order valence-corrected chi connectivity index (χ4v) is 5.59. The van der Waals surface area contributed by atoms with E-state index in [1.807, 2.05) is 60.7 Å². The molecular weight excluding hydrogens is 492 g/mol. The van der Waals surface area contributed by atoms with Crippen molar-refractivity contribution in [2.75, 3.05) is 10.8 Å². The van der Waals surface area contributed by atoms with Crippen LogP contribution >= 0.6 is 11.6 Å². The highest BCUT2D eigenvalue weighted by atomic mass is 35.5.